The average Bonchev–Trinajstić information content (AvgIpc) is 2.92. The number of carbonyl (C=O) groups is 2. The van der Waals surface area contributed by atoms with Crippen LogP contribution in [0, 0.1) is 5.92 Å². The van der Waals surface area contributed by atoms with Gasteiger partial charge in [-0.2, -0.15) is 0 Å². The minimum absolute atomic E-state index is 0.0521. The zero-order valence-corrected chi connectivity index (χ0v) is 22.5. The number of fused-ring (bicyclic) bond motifs is 1. The number of hydrogen-bond donors (Lipinski definition) is 2. The number of sulfone groups is 1. The maximum absolute atomic E-state index is 13.1. The van der Waals surface area contributed by atoms with Crippen LogP contribution in [0.4, 0.5) is 0 Å². The van der Waals surface area contributed by atoms with E-state index in [1.54, 1.807) is 24.3 Å². The number of carbonyl (C=O) groups excluding carboxylic acids is 2. The first-order valence-electron chi connectivity index (χ1n) is 11.8. The van der Waals surface area contributed by atoms with E-state index >= 15 is 0 Å². The van der Waals surface area contributed by atoms with Gasteiger partial charge in [-0.1, -0.05) is 38.0 Å². The van der Waals surface area contributed by atoms with Crippen LogP contribution in [0.3, 0.4) is 0 Å². The Labute approximate surface area is 215 Å². The van der Waals surface area contributed by atoms with E-state index in [4.69, 9.17) is 4.74 Å². The lowest BCUT2D eigenvalue weighted by atomic mass is 9.96. The van der Waals surface area contributed by atoms with Crippen LogP contribution < -0.4 is 10.1 Å². The SMILES string of the molecule is CCCCC1CCc2cc(Br)c(OCC(=O)NC(Cc3ccccc3O)C(C)=O)cc2S(=O)(=O)C1. The largest absolute Gasteiger partial charge is 0.508 e. The summed E-state index contributed by atoms with van der Waals surface area (Å²) in [6, 6.07) is 9.07. The van der Waals surface area contributed by atoms with Crippen LogP contribution >= 0.6 is 15.9 Å². The van der Waals surface area contributed by atoms with Gasteiger partial charge in [-0.3, -0.25) is 9.59 Å². The van der Waals surface area contributed by atoms with E-state index in [0.29, 0.717) is 16.5 Å². The lowest BCUT2D eigenvalue weighted by Crippen LogP contribution is -2.43. The summed E-state index contributed by atoms with van der Waals surface area (Å²) >= 11 is 3.44. The lowest BCUT2D eigenvalue weighted by molar-refractivity contribution is -0.128. The van der Waals surface area contributed by atoms with Gasteiger partial charge in [0, 0.05) is 12.5 Å². The molecule has 0 spiro atoms. The number of phenolic OH excluding ortho intramolecular Hbond substituents is 1. The quantitative estimate of drug-likeness (QED) is 0.442. The van der Waals surface area contributed by atoms with Crippen molar-refractivity contribution in [2.75, 3.05) is 12.4 Å². The summed E-state index contributed by atoms with van der Waals surface area (Å²) in [4.78, 5) is 24.9. The number of Topliss-reactive ketones (excluding diaryl/α,β-unsaturated/α-hetero) is 1. The third kappa shape index (κ3) is 7.30. The molecule has 190 valence electrons. The van der Waals surface area contributed by atoms with E-state index in [1.165, 1.54) is 19.1 Å². The molecular weight excluding hydrogens is 534 g/mol. The number of ketones is 1. The molecule has 1 heterocycles. The summed E-state index contributed by atoms with van der Waals surface area (Å²) in [5, 5.41) is 12.6. The van der Waals surface area contributed by atoms with Crippen LogP contribution in [-0.4, -0.2) is 43.6 Å². The number of ether oxygens (including phenoxy) is 1. The monoisotopic (exact) mass is 565 g/mol. The van der Waals surface area contributed by atoms with Gasteiger partial charge in [0.1, 0.15) is 11.5 Å². The Morgan fingerprint density at radius 2 is 2.00 bits per heavy atom. The van der Waals surface area contributed by atoms with Crippen LogP contribution in [-0.2, 0) is 32.3 Å². The fourth-order valence-corrected chi connectivity index (χ4v) is 6.80. The average molecular weight is 567 g/mol. The van der Waals surface area contributed by atoms with Crippen molar-refractivity contribution in [3.05, 3.63) is 52.0 Å². The Morgan fingerprint density at radius 3 is 2.69 bits per heavy atom. The highest BCUT2D eigenvalue weighted by atomic mass is 79.9. The molecule has 7 nitrogen and oxygen atoms in total. The molecule has 1 aliphatic rings. The van der Waals surface area contributed by atoms with Crippen molar-refractivity contribution in [1.82, 2.24) is 5.32 Å². The van der Waals surface area contributed by atoms with Crippen LogP contribution in [0.25, 0.3) is 0 Å². The summed E-state index contributed by atoms with van der Waals surface area (Å²) in [7, 11) is -3.47. The van der Waals surface area contributed by atoms with Gasteiger partial charge in [-0.25, -0.2) is 8.42 Å². The Hall–Kier alpha value is -2.39. The zero-order valence-electron chi connectivity index (χ0n) is 20.1. The van der Waals surface area contributed by atoms with Crippen molar-refractivity contribution in [3.8, 4) is 11.5 Å². The highest BCUT2D eigenvalue weighted by Gasteiger charge is 2.29. The first kappa shape index (κ1) is 27.2. The predicted molar refractivity (Wildman–Crippen MR) is 137 cm³/mol. The molecule has 2 atom stereocenters. The topological polar surface area (TPSA) is 110 Å². The first-order valence-corrected chi connectivity index (χ1v) is 14.3. The number of rotatable bonds is 10. The van der Waals surface area contributed by atoms with Crippen molar-refractivity contribution in [2.45, 2.75) is 63.3 Å². The molecule has 0 aromatic heterocycles. The molecule has 2 N–H and O–H groups in total. The van der Waals surface area contributed by atoms with Gasteiger partial charge < -0.3 is 15.2 Å². The van der Waals surface area contributed by atoms with Crippen molar-refractivity contribution in [3.63, 3.8) is 0 Å². The Bertz CT molecular complexity index is 1180. The summed E-state index contributed by atoms with van der Waals surface area (Å²) in [5.74, 6) is -0.213. The van der Waals surface area contributed by atoms with E-state index in [9.17, 15) is 23.1 Å². The van der Waals surface area contributed by atoms with Crippen LogP contribution in [0.2, 0.25) is 0 Å². The van der Waals surface area contributed by atoms with Gasteiger partial charge in [0.25, 0.3) is 5.91 Å². The highest BCUT2D eigenvalue weighted by molar-refractivity contribution is 9.10. The number of phenols is 1. The van der Waals surface area contributed by atoms with E-state index in [-0.39, 0.29) is 46.9 Å². The van der Waals surface area contributed by atoms with Crippen molar-refractivity contribution in [2.24, 2.45) is 5.92 Å². The Kier molecular flexibility index (Phi) is 9.35. The van der Waals surface area contributed by atoms with E-state index in [0.717, 1.165) is 31.2 Å². The number of para-hydroxylation sites is 1. The van der Waals surface area contributed by atoms with E-state index < -0.39 is 21.8 Å². The molecule has 0 bridgehead atoms. The number of halogens is 1. The summed E-state index contributed by atoms with van der Waals surface area (Å²) in [6.45, 7) is 3.08. The van der Waals surface area contributed by atoms with Crippen molar-refractivity contribution < 1.29 is 27.9 Å². The van der Waals surface area contributed by atoms with E-state index in [1.807, 2.05) is 0 Å². The molecule has 2 aromatic carbocycles. The number of hydrogen-bond acceptors (Lipinski definition) is 6. The second-order valence-electron chi connectivity index (χ2n) is 9.07. The van der Waals surface area contributed by atoms with Gasteiger partial charge in [0.05, 0.1) is 21.2 Å². The Balaban J connectivity index is 1.69. The number of aromatic hydroxyl groups is 1. The fraction of sp³-hybridized carbons (Fsp3) is 0.462. The minimum atomic E-state index is -3.47. The number of unbranched alkanes of at least 4 members (excludes halogenated alkanes) is 1. The van der Waals surface area contributed by atoms with Gasteiger partial charge in [-0.15, -0.1) is 0 Å². The molecule has 0 fully saturated rings. The maximum atomic E-state index is 13.1. The molecule has 0 aliphatic carbocycles. The molecule has 1 aliphatic heterocycles. The smallest absolute Gasteiger partial charge is 0.258 e. The molecule has 1 amide bonds. The molecule has 3 rings (SSSR count). The minimum Gasteiger partial charge on any atom is -0.508 e. The standard InChI is InChI=1S/C26H32BrNO6S/c1-3-4-7-18-10-11-20-12-21(27)24(14-25(20)35(32,33)16-18)34-15-26(31)28-22(17(2)29)13-19-8-5-6-9-23(19)30/h5-6,8-9,12,14,18,22,30H,3-4,7,10-11,13,15-16H2,1-2H3,(H,28,31). The molecule has 9 heteroatoms. The van der Waals surface area contributed by atoms with Gasteiger partial charge in [0.2, 0.25) is 0 Å². The van der Waals surface area contributed by atoms with Gasteiger partial charge >= 0.3 is 0 Å². The number of benzene rings is 2. The summed E-state index contributed by atoms with van der Waals surface area (Å²) < 4.78 is 32.4. The maximum Gasteiger partial charge on any atom is 0.258 e. The number of amides is 1. The van der Waals surface area contributed by atoms with Crippen molar-refractivity contribution >= 4 is 37.5 Å². The molecule has 0 radical (unpaired) electrons. The third-order valence-corrected chi connectivity index (χ3v) is 8.87. The number of aryl methyl sites for hydroxylation is 1. The molecule has 0 saturated heterocycles. The molecule has 2 unspecified atom stereocenters. The predicted octanol–water partition coefficient (Wildman–Crippen LogP) is 4.38. The highest BCUT2D eigenvalue weighted by Crippen LogP contribution is 2.36. The van der Waals surface area contributed by atoms with Crippen LogP contribution in [0.1, 0.15) is 50.7 Å². The van der Waals surface area contributed by atoms with Gasteiger partial charge in [0.15, 0.2) is 22.2 Å². The zero-order chi connectivity index (χ0) is 25.6. The third-order valence-electron chi connectivity index (χ3n) is 6.29. The molecular formula is C26H32BrNO6S. The first-order chi connectivity index (χ1) is 16.6. The molecule has 35 heavy (non-hydrogen) atoms. The van der Waals surface area contributed by atoms with Crippen molar-refractivity contribution in [1.29, 1.82) is 0 Å². The second-order valence-corrected chi connectivity index (χ2v) is 11.9. The normalized spacial score (nSPS) is 17.6. The summed E-state index contributed by atoms with van der Waals surface area (Å²) in [6.07, 6.45) is 4.58. The van der Waals surface area contributed by atoms with Crippen LogP contribution in [0.15, 0.2) is 45.8 Å². The number of nitrogens with one attached hydrogen (secondary N) is 1. The second kappa shape index (κ2) is 12.0. The van der Waals surface area contributed by atoms with E-state index in [2.05, 4.69) is 28.2 Å². The molecule has 2 aromatic rings. The fourth-order valence-electron chi connectivity index (χ4n) is 4.31. The molecule has 0 saturated carbocycles. The lowest BCUT2D eigenvalue weighted by Gasteiger charge is -2.18. The summed E-state index contributed by atoms with van der Waals surface area (Å²) in [5.41, 5.74) is 1.30. The van der Waals surface area contributed by atoms with Gasteiger partial charge in [-0.05, 0) is 71.3 Å². The Morgan fingerprint density at radius 1 is 1.26 bits per heavy atom. The van der Waals surface area contributed by atoms with Crippen LogP contribution in [0.5, 0.6) is 11.5 Å².